The van der Waals surface area contributed by atoms with Crippen LogP contribution in [0, 0.1) is 5.92 Å². The molecule has 1 saturated heterocycles. The van der Waals surface area contributed by atoms with Crippen molar-refractivity contribution in [2.75, 3.05) is 26.4 Å². The molecule has 0 radical (unpaired) electrons. The van der Waals surface area contributed by atoms with Crippen LogP contribution in [0.15, 0.2) is 42.5 Å². The minimum atomic E-state index is -0.717. The molecule has 2 fully saturated rings. The van der Waals surface area contributed by atoms with E-state index in [1.54, 1.807) is 4.90 Å². The van der Waals surface area contributed by atoms with Crippen LogP contribution in [0.5, 0.6) is 0 Å². The van der Waals surface area contributed by atoms with Gasteiger partial charge in [-0.2, -0.15) is 0 Å². The monoisotopic (exact) mass is 411 g/mol. The summed E-state index contributed by atoms with van der Waals surface area (Å²) in [5.74, 6) is -0.110. The molecule has 30 heavy (non-hydrogen) atoms. The Hall–Kier alpha value is -2.64. The van der Waals surface area contributed by atoms with E-state index in [1.165, 1.54) is 16.3 Å². The summed E-state index contributed by atoms with van der Waals surface area (Å²) in [6.07, 6.45) is 2.71. The van der Waals surface area contributed by atoms with Crippen molar-refractivity contribution in [1.29, 1.82) is 0 Å². The third-order valence-corrected chi connectivity index (χ3v) is 6.38. The van der Waals surface area contributed by atoms with Crippen LogP contribution in [0.4, 0.5) is 4.79 Å². The van der Waals surface area contributed by atoms with Gasteiger partial charge in [-0.25, -0.2) is 4.79 Å². The minimum Gasteiger partial charge on any atom is -0.427 e. The highest BCUT2D eigenvalue weighted by Gasteiger charge is 2.62. The minimum absolute atomic E-state index is 0.0189. The van der Waals surface area contributed by atoms with E-state index in [4.69, 9.17) is 20.9 Å². The average molecular weight is 412 g/mol. The Labute approximate surface area is 176 Å². The van der Waals surface area contributed by atoms with Gasteiger partial charge >= 0.3 is 12.1 Å². The molecule has 2 aromatic rings. The summed E-state index contributed by atoms with van der Waals surface area (Å²) >= 11 is 0. The molecule has 1 heterocycles. The molecule has 160 valence electrons. The van der Waals surface area contributed by atoms with Gasteiger partial charge in [0, 0.05) is 18.5 Å². The molecule has 0 spiro atoms. The number of hydrogen-bond donors (Lipinski definition) is 2. The summed E-state index contributed by atoms with van der Waals surface area (Å²) in [5, 5.41) is 2.43. The molecule has 0 aromatic heterocycles. The van der Waals surface area contributed by atoms with Gasteiger partial charge in [-0.05, 0) is 48.1 Å². The highest BCUT2D eigenvalue weighted by molar-refractivity contribution is 5.83. The second-order valence-electron chi connectivity index (χ2n) is 8.38. The van der Waals surface area contributed by atoms with E-state index in [9.17, 15) is 9.59 Å². The molecule has 3 atom stereocenters. The van der Waals surface area contributed by atoms with Gasteiger partial charge in [-0.1, -0.05) is 48.9 Å². The van der Waals surface area contributed by atoms with E-state index in [2.05, 4.69) is 30.3 Å². The molecule has 1 aliphatic carbocycles. The molecule has 4 N–H and O–H groups in total. The first-order valence-corrected chi connectivity index (χ1v) is 10.6. The number of carbonyl (C=O) groups excluding carboxylic acids is 2. The number of nitrogens with zero attached hydrogens (tertiary/aromatic N) is 1. The maximum absolute atomic E-state index is 12.4. The fourth-order valence-corrected chi connectivity index (χ4v) is 4.53. The Balaban J connectivity index is 1.27. The number of piperidine rings is 1. The van der Waals surface area contributed by atoms with Crippen LogP contribution in [-0.4, -0.2) is 49.4 Å². The normalized spacial score (nSPS) is 23.1. The first-order valence-electron chi connectivity index (χ1n) is 10.6. The Morgan fingerprint density at radius 2 is 1.93 bits per heavy atom. The van der Waals surface area contributed by atoms with Crippen molar-refractivity contribution in [2.24, 2.45) is 17.4 Å². The topological polar surface area (TPSA) is 108 Å². The first kappa shape index (κ1) is 20.6. The number of nitrogens with two attached hydrogens (primary N) is 2. The summed E-state index contributed by atoms with van der Waals surface area (Å²) < 4.78 is 10.2. The van der Waals surface area contributed by atoms with Gasteiger partial charge in [-0.15, -0.1) is 0 Å². The predicted molar refractivity (Wildman–Crippen MR) is 114 cm³/mol. The lowest BCUT2D eigenvalue weighted by atomic mass is 9.93. The van der Waals surface area contributed by atoms with E-state index < -0.39 is 24.9 Å². The van der Waals surface area contributed by atoms with Crippen LogP contribution >= 0.6 is 0 Å². The van der Waals surface area contributed by atoms with Crippen molar-refractivity contribution in [3.05, 3.63) is 48.0 Å². The fraction of sp³-hybridized carbons (Fsp3) is 0.478. The Morgan fingerprint density at radius 3 is 2.73 bits per heavy atom. The summed E-state index contributed by atoms with van der Waals surface area (Å²) in [7, 11) is 0. The number of likely N-dealkylation sites (tertiary alicyclic amines) is 1. The second kappa shape index (κ2) is 8.62. The zero-order valence-electron chi connectivity index (χ0n) is 17.1. The smallest absolute Gasteiger partial charge is 0.412 e. The molecule has 0 unspecified atom stereocenters. The lowest BCUT2D eigenvalue weighted by Crippen LogP contribution is -2.36. The number of fused-ring (bicyclic) bond motifs is 2. The number of carbonyl (C=O) groups is 2. The van der Waals surface area contributed by atoms with Crippen molar-refractivity contribution >= 4 is 22.8 Å². The largest absolute Gasteiger partial charge is 0.427 e. The van der Waals surface area contributed by atoms with Gasteiger partial charge in [-0.3, -0.25) is 4.79 Å². The highest BCUT2D eigenvalue weighted by Crippen LogP contribution is 2.59. The molecule has 7 heteroatoms. The predicted octanol–water partition coefficient (Wildman–Crippen LogP) is 2.51. The Kier molecular flexibility index (Phi) is 5.92. The molecular formula is C23H29N3O4. The molecule has 4 rings (SSSR count). The molecule has 2 aliphatic rings. The summed E-state index contributed by atoms with van der Waals surface area (Å²) in [6, 6.07) is 14.1. The van der Waals surface area contributed by atoms with Gasteiger partial charge in [0.1, 0.15) is 6.04 Å². The molecule has 1 aliphatic heterocycles. The zero-order valence-corrected chi connectivity index (χ0v) is 17.1. The molecule has 7 nitrogen and oxygen atoms in total. The van der Waals surface area contributed by atoms with Crippen molar-refractivity contribution in [2.45, 2.75) is 37.1 Å². The van der Waals surface area contributed by atoms with Crippen molar-refractivity contribution in [1.82, 2.24) is 4.90 Å². The molecule has 0 bridgehead atoms. The number of rotatable bonds is 8. The Morgan fingerprint density at radius 1 is 1.13 bits per heavy atom. The number of esters is 1. The highest BCUT2D eigenvalue weighted by atomic mass is 16.7. The molecule has 1 saturated carbocycles. The van der Waals surface area contributed by atoms with Gasteiger partial charge in [0.25, 0.3) is 0 Å². The van der Waals surface area contributed by atoms with Crippen LogP contribution in [-0.2, 0) is 19.7 Å². The standard InChI is InChI=1S/C23H29N3O4/c24-10-4-3-7-20(25)21(27)29-15-30-22(28)26-13-19-12-23(19,14-26)18-9-8-16-5-1-2-6-17(16)11-18/h1-2,5-6,8-9,11,19-20H,3-4,7,10,12-15,24-25H2/t19-,20+,23+/m1/s1. The van der Waals surface area contributed by atoms with Crippen LogP contribution in [0.2, 0.25) is 0 Å². The van der Waals surface area contributed by atoms with Crippen molar-refractivity contribution in [3.63, 3.8) is 0 Å². The van der Waals surface area contributed by atoms with Crippen LogP contribution in [0.1, 0.15) is 31.2 Å². The number of amides is 1. The fourth-order valence-electron chi connectivity index (χ4n) is 4.53. The lowest BCUT2D eigenvalue weighted by molar-refractivity contribution is -0.154. The van der Waals surface area contributed by atoms with E-state index >= 15 is 0 Å². The van der Waals surface area contributed by atoms with Gasteiger partial charge in [0.2, 0.25) is 6.79 Å². The van der Waals surface area contributed by atoms with Gasteiger partial charge < -0.3 is 25.8 Å². The Bertz CT molecular complexity index is 934. The lowest BCUT2D eigenvalue weighted by Gasteiger charge is -2.21. The van der Waals surface area contributed by atoms with E-state index in [0.717, 1.165) is 19.3 Å². The molecular weight excluding hydrogens is 382 g/mol. The number of unbranched alkanes of at least 4 members (excludes halogenated alkanes) is 1. The number of benzene rings is 2. The number of hydrogen-bond acceptors (Lipinski definition) is 6. The van der Waals surface area contributed by atoms with Crippen LogP contribution in [0.3, 0.4) is 0 Å². The zero-order chi connectivity index (χ0) is 21.1. The first-order chi connectivity index (χ1) is 14.5. The third-order valence-electron chi connectivity index (χ3n) is 6.38. The van der Waals surface area contributed by atoms with Gasteiger partial charge in [0.05, 0.1) is 0 Å². The van der Waals surface area contributed by atoms with Crippen LogP contribution < -0.4 is 11.5 Å². The second-order valence-corrected chi connectivity index (χ2v) is 8.38. The molecule has 2 aromatic carbocycles. The van der Waals surface area contributed by atoms with Crippen LogP contribution in [0.25, 0.3) is 10.8 Å². The van der Waals surface area contributed by atoms with E-state index in [-0.39, 0.29) is 5.41 Å². The summed E-state index contributed by atoms with van der Waals surface area (Å²) in [6.45, 7) is 1.45. The maximum atomic E-state index is 12.4. The SMILES string of the molecule is NCCCC[C@H](N)C(=O)OCOC(=O)N1C[C@H]2C[C@@]2(c2ccc3ccccc3c2)C1. The van der Waals surface area contributed by atoms with E-state index in [1.807, 2.05) is 12.1 Å². The van der Waals surface area contributed by atoms with Gasteiger partial charge in [0.15, 0.2) is 0 Å². The van der Waals surface area contributed by atoms with E-state index in [0.29, 0.717) is 32.0 Å². The average Bonchev–Trinajstić information content (AvgIpc) is 3.34. The third kappa shape index (κ3) is 4.13. The van der Waals surface area contributed by atoms with Crippen molar-refractivity contribution in [3.8, 4) is 0 Å². The number of ether oxygens (including phenoxy) is 2. The maximum Gasteiger partial charge on any atom is 0.412 e. The van der Waals surface area contributed by atoms with Crippen molar-refractivity contribution < 1.29 is 19.1 Å². The quantitative estimate of drug-likeness (QED) is 0.393. The summed E-state index contributed by atoms with van der Waals surface area (Å²) in [4.78, 5) is 26.0. The summed E-state index contributed by atoms with van der Waals surface area (Å²) in [5.41, 5.74) is 12.5. The molecule has 1 amide bonds.